The summed E-state index contributed by atoms with van der Waals surface area (Å²) in [4.78, 5) is 27.1. The number of benzene rings is 2. The molecule has 3 nitrogen and oxygen atoms in total. The lowest BCUT2D eigenvalue weighted by molar-refractivity contribution is 0.104. The van der Waals surface area contributed by atoms with Gasteiger partial charge in [0.2, 0.25) is 0 Å². The molecule has 0 saturated heterocycles. The predicted octanol–water partition coefficient (Wildman–Crippen LogP) is 4.04. The first-order valence-electron chi connectivity index (χ1n) is 7.47. The van der Waals surface area contributed by atoms with Crippen LogP contribution in [0.1, 0.15) is 27.2 Å². The van der Waals surface area contributed by atoms with E-state index in [0.29, 0.717) is 5.56 Å². The average Bonchev–Trinajstić information content (AvgIpc) is 2.52. The number of fused-ring (bicyclic) bond motifs is 1. The molecule has 1 heterocycles. The third-order valence-electron chi connectivity index (χ3n) is 3.85. The Morgan fingerprint density at radius 2 is 1.78 bits per heavy atom. The average molecular weight is 303 g/mol. The molecule has 0 bridgehead atoms. The fourth-order valence-electron chi connectivity index (χ4n) is 2.80. The highest BCUT2D eigenvalue weighted by atomic mass is 16.1. The summed E-state index contributed by atoms with van der Waals surface area (Å²) >= 11 is 0. The number of pyridine rings is 1. The van der Waals surface area contributed by atoms with E-state index in [-0.39, 0.29) is 16.9 Å². The molecule has 114 valence electrons. The Morgan fingerprint density at radius 1 is 1.04 bits per heavy atom. The van der Waals surface area contributed by atoms with Gasteiger partial charge in [-0.25, -0.2) is 0 Å². The van der Waals surface area contributed by atoms with Gasteiger partial charge in [0.05, 0.1) is 5.56 Å². The predicted molar refractivity (Wildman–Crippen MR) is 93.8 cm³/mol. The van der Waals surface area contributed by atoms with Gasteiger partial charge in [0.1, 0.15) is 0 Å². The summed E-state index contributed by atoms with van der Waals surface area (Å²) in [6.07, 6.45) is 3.23. The molecule has 0 fully saturated rings. The Balaban J connectivity index is 2.00. The van der Waals surface area contributed by atoms with Gasteiger partial charge in [-0.05, 0) is 47.9 Å². The highest BCUT2D eigenvalue weighted by Gasteiger charge is 2.11. The summed E-state index contributed by atoms with van der Waals surface area (Å²) in [5.41, 5.74) is 2.26. The Labute approximate surface area is 134 Å². The number of hydrogen-bond acceptors (Lipinski definition) is 2. The number of nitrogens with one attached hydrogen (secondary N) is 1. The molecule has 1 N–H and O–H groups in total. The molecule has 1 aromatic heterocycles. The van der Waals surface area contributed by atoms with E-state index in [0.717, 1.165) is 22.0 Å². The number of aryl methyl sites for hydroxylation is 2. The van der Waals surface area contributed by atoms with Gasteiger partial charge in [0.15, 0.2) is 5.78 Å². The maximum Gasteiger partial charge on any atom is 0.259 e. The fraction of sp³-hybridized carbons (Fsp3) is 0.100. The minimum Gasteiger partial charge on any atom is -0.326 e. The smallest absolute Gasteiger partial charge is 0.259 e. The first-order chi connectivity index (χ1) is 11.1. The highest BCUT2D eigenvalue weighted by molar-refractivity contribution is 6.08. The Bertz CT molecular complexity index is 975. The van der Waals surface area contributed by atoms with Gasteiger partial charge in [0, 0.05) is 5.69 Å². The second kappa shape index (κ2) is 6.05. The number of rotatable bonds is 3. The van der Waals surface area contributed by atoms with Crippen LogP contribution in [0.25, 0.3) is 16.8 Å². The van der Waals surface area contributed by atoms with Gasteiger partial charge >= 0.3 is 0 Å². The molecule has 3 heteroatoms. The largest absolute Gasteiger partial charge is 0.326 e. The molecule has 0 radical (unpaired) electrons. The number of aromatic amines is 1. The van der Waals surface area contributed by atoms with Crippen molar-refractivity contribution < 1.29 is 4.79 Å². The van der Waals surface area contributed by atoms with Crippen LogP contribution in [0.4, 0.5) is 0 Å². The van der Waals surface area contributed by atoms with Crippen LogP contribution >= 0.6 is 0 Å². The van der Waals surface area contributed by atoms with E-state index in [1.807, 2.05) is 42.5 Å². The van der Waals surface area contributed by atoms with E-state index in [1.165, 1.54) is 6.08 Å². The molecule has 0 saturated carbocycles. The van der Waals surface area contributed by atoms with E-state index in [9.17, 15) is 9.59 Å². The number of allylic oxidation sites excluding steroid dienone is 1. The van der Waals surface area contributed by atoms with Crippen LogP contribution in [-0.2, 0) is 0 Å². The number of hydrogen-bond donors (Lipinski definition) is 1. The van der Waals surface area contributed by atoms with Gasteiger partial charge < -0.3 is 4.98 Å². The molecule has 0 amide bonds. The van der Waals surface area contributed by atoms with Crippen molar-refractivity contribution >= 4 is 22.6 Å². The molecule has 0 aliphatic heterocycles. The van der Waals surface area contributed by atoms with E-state index < -0.39 is 0 Å². The third-order valence-corrected chi connectivity index (χ3v) is 3.85. The number of aromatic nitrogens is 1. The number of H-pyrrole nitrogens is 1. The molecule has 0 spiro atoms. The normalized spacial score (nSPS) is 11.2. The second-order valence-corrected chi connectivity index (χ2v) is 5.61. The molecule has 0 aliphatic carbocycles. The lowest BCUT2D eigenvalue weighted by Gasteiger charge is -2.03. The van der Waals surface area contributed by atoms with Crippen molar-refractivity contribution in [2.75, 3.05) is 0 Å². The van der Waals surface area contributed by atoms with Crippen molar-refractivity contribution in [3.8, 4) is 0 Å². The molecule has 2 aromatic carbocycles. The van der Waals surface area contributed by atoms with Gasteiger partial charge in [0.25, 0.3) is 5.56 Å². The topological polar surface area (TPSA) is 49.9 Å². The van der Waals surface area contributed by atoms with Gasteiger partial charge in [-0.1, -0.05) is 48.5 Å². The van der Waals surface area contributed by atoms with Crippen LogP contribution in [0.15, 0.2) is 59.4 Å². The third kappa shape index (κ3) is 2.99. The van der Waals surface area contributed by atoms with Gasteiger partial charge in [-0.3, -0.25) is 9.59 Å². The van der Waals surface area contributed by atoms with Crippen molar-refractivity contribution in [3.05, 3.63) is 87.3 Å². The second-order valence-electron chi connectivity index (χ2n) is 5.61. The lowest BCUT2D eigenvalue weighted by atomic mass is 10.0. The standard InChI is InChI=1S/C20H17NO2/c1-13-12-14(2)21-20(23)19(13)18(22)11-10-16-8-5-7-15-6-3-4-9-17(15)16/h3-12H,1-2H3,(H,21,23)/b11-10+. The highest BCUT2D eigenvalue weighted by Crippen LogP contribution is 2.19. The zero-order valence-corrected chi connectivity index (χ0v) is 13.1. The minimum atomic E-state index is -0.338. The molecule has 0 atom stereocenters. The van der Waals surface area contributed by atoms with Crippen molar-refractivity contribution in [2.24, 2.45) is 0 Å². The number of carbonyl (C=O) groups is 1. The minimum absolute atomic E-state index is 0.201. The quantitative estimate of drug-likeness (QED) is 0.586. The zero-order valence-electron chi connectivity index (χ0n) is 13.1. The van der Waals surface area contributed by atoms with Crippen LogP contribution in [0.3, 0.4) is 0 Å². The number of ketones is 1. The molecule has 3 rings (SSSR count). The monoisotopic (exact) mass is 303 g/mol. The molecule has 0 aliphatic rings. The summed E-state index contributed by atoms with van der Waals surface area (Å²) in [6, 6.07) is 15.7. The lowest BCUT2D eigenvalue weighted by Crippen LogP contribution is -2.19. The van der Waals surface area contributed by atoms with Crippen molar-refractivity contribution in [3.63, 3.8) is 0 Å². The Hall–Kier alpha value is -2.94. The van der Waals surface area contributed by atoms with Crippen molar-refractivity contribution in [2.45, 2.75) is 13.8 Å². The Kier molecular flexibility index (Phi) is 3.94. The Morgan fingerprint density at radius 3 is 2.57 bits per heavy atom. The summed E-state index contributed by atoms with van der Waals surface area (Å²) in [5, 5.41) is 2.19. The van der Waals surface area contributed by atoms with E-state index in [2.05, 4.69) is 4.98 Å². The van der Waals surface area contributed by atoms with E-state index in [1.54, 1.807) is 26.0 Å². The first kappa shape index (κ1) is 15.0. The van der Waals surface area contributed by atoms with Crippen LogP contribution < -0.4 is 5.56 Å². The number of carbonyl (C=O) groups excluding carboxylic acids is 1. The fourth-order valence-corrected chi connectivity index (χ4v) is 2.80. The van der Waals surface area contributed by atoms with E-state index in [4.69, 9.17) is 0 Å². The molecule has 23 heavy (non-hydrogen) atoms. The molecule has 3 aromatic rings. The van der Waals surface area contributed by atoms with Crippen LogP contribution in [-0.4, -0.2) is 10.8 Å². The summed E-state index contributed by atoms with van der Waals surface area (Å²) in [7, 11) is 0. The summed E-state index contributed by atoms with van der Waals surface area (Å²) in [5.74, 6) is -0.281. The summed E-state index contributed by atoms with van der Waals surface area (Å²) in [6.45, 7) is 3.58. The zero-order chi connectivity index (χ0) is 16.4. The molecule has 0 unspecified atom stereocenters. The maximum atomic E-state index is 12.4. The summed E-state index contributed by atoms with van der Waals surface area (Å²) < 4.78 is 0. The van der Waals surface area contributed by atoms with Gasteiger partial charge in [-0.15, -0.1) is 0 Å². The van der Waals surface area contributed by atoms with E-state index >= 15 is 0 Å². The molecular weight excluding hydrogens is 286 g/mol. The maximum absolute atomic E-state index is 12.4. The van der Waals surface area contributed by atoms with Crippen LogP contribution in [0.2, 0.25) is 0 Å². The van der Waals surface area contributed by atoms with Crippen molar-refractivity contribution in [1.82, 2.24) is 4.98 Å². The molecular formula is C20H17NO2. The van der Waals surface area contributed by atoms with Crippen LogP contribution in [0.5, 0.6) is 0 Å². The van der Waals surface area contributed by atoms with Gasteiger partial charge in [-0.2, -0.15) is 0 Å². The SMILES string of the molecule is Cc1cc(C)c(C(=O)/C=C/c2cccc3ccccc23)c(=O)[nH]1. The first-order valence-corrected chi connectivity index (χ1v) is 7.47. The van der Waals surface area contributed by atoms with Crippen molar-refractivity contribution in [1.29, 1.82) is 0 Å². The van der Waals surface area contributed by atoms with Crippen LogP contribution in [0, 0.1) is 13.8 Å².